The maximum atomic E-state index is 12.9. The molecule has 0 bridgehead atoms. The number of benzene rings is 4. The molecule has 0 radical (unpaired) electrons. The standard InChI is InChI=1S/C36H29N5O6S/c1-44-27-9-3-21(4-10-27)31-15-25(40-46-31)19-35(42)37-23-7-13-29-33(17-23)48-34-18-24(8-14-30(34)39-29)38-36(43)20-26-16-32(47-41-26)22-5-11-28(45-2)12-6-22/h3-18,39H,19-20H2,1-2H3,(H,37,42)(H,38,43). The number of nitrogens with one attached hydrogen (secondary N) is 3. The molecular formula is C36H29N5O6S. The molecule has 0 aliphatic carbocycles. The number of carbonyl (C=O) groups is 2. The number of fused-ring (bicyclic) bond motifs is 2. The van der Waals surface area contributed by atoms with Crippen molar-refractivity contribution in [3.63, 3.8) is 0 Å². The Morgan fingerprint density at radius 2 is 1.08 bits per heavy atom. The molecule has 11 nitrogen and oxygen atoms in total. The molecule has 2 amide bonds. The number of amides is 2. The van der Waals surface area contributed by atoms with Gasteiger partial charge in [-0.25, -0.2) is 0 Å². The fraction of sp³-hybridized carbons (Fsp3) is 0.111. The van der Waals surface area contributed by atoms with E-state index in [-0.39, 0.29) is 24.7 Å². The average molecular weight is 660 g/mol. The minimum atomic E-state index is -0.216. The summed E-state index contributed by atoms with van der Waals surface area (Å²) in [5.41, 5.74) is 5.87. The Balaban J connectivity index is 0.954. The van der Waals surface area contributed by atoms with Crippen molar-refractivity contribution in [2.75, 3.05) is 30.2 Å². The van der Waals surface area contributed by atoms with Gasteiger partial charge in [0, 0.05) is 44.4 Å². The largest absolute Gasteiger partial charge is 0.497 e. The number of hydrogen-bond donors (Lipinski definition) is 3. The quantitative estimate of drug-likeness (QED) is 0.135. The van der Waals surface area contributed by atoms with Crippen molar-refractivity contribution in [2.24, 2.45) is 0 Å². The highest BCUT2D eigenvalue weighted by Crippen LogP contribution is 2.46. The van der Waals surface area contributed by atoms with E-state index in [2.05, 4.69) is 26.3 Å². The van der Waals surface area contributed by atoms with Crippen molar-refractivity contribution < 1.29 is 28.1 Å². The first kappa shape index (κ1) is 30.6. The van der Waals surface area contributed by atoms with Crippen molar-refractivity contribution in [1.29, 1.82) is 0 Å². The number of hydrogen-bond acceptors (Lipinski definition) is 10. The van der Waals surface area contributed by atoms with Gasteiger partial charge in [0.25, 0.3) is 0 Å². The third-order valence-electron chi connectivity index (χ3n) is 7.57. The van der Waals surface area contributed by atoms with Crippen molar-refractivity contribution >= 4 is 46.3 Å². The zero-order valence-electron chi connectivity index (χ0n) is 25.9. The van der Waals surface area contributed by atoms with Gasteiger partial charge in [0.1, 0.15) is 11.5 Å². The molecule has 48 heavy (non-hydrogen) atoms. The van der Waals surface area contributed by atoms with Gasteiger partial charge in [0.05, 0.1) is 49.8 Å². The van der Waals surface area contributed by atoms with E-state index in [0.29, 0.717) is 34.3 Å². The number of carbonyl (C=O) groups excluding carboxylic acids is 2. The number of anilines is 4. The Morgan fingerprint density at radius 1 is 0.646 bits per heavy atom. The van der Waals surface area contributed by atoms with E-state index in [4.69, 9.17) is 18.5 Å². The molecule has 0 saturated carbocycles. The Bertz CT molecular complexity index is 1960. The minimum Gasteiger partial charge on any atom is -0.497 e. The van der Waals surface area contributed by atoms with E-state index in [1.54, 1.807) is 38.1 Å². The number of ether oxygens (including phenoxy) is 2. The van der Waals surface area contributed by atoms with Crippen molar-refractivity contribution in [2.45, 2.75) is 22.6 Å². The molecule has 0 fully saturated rings. The summed E-state index contributed by atoms with van der Waals surface area (Å²) in [6, 6.07) is 29.7. The molecule has 0 saturated heterocycles. The van der Waals surface area contributed by atoms with Gasteiger partial charge in [-0.3, -0.25) is 9.59 Å². The summed E-state index contributed by atoms with van der Waals surface area (Å²) in [5.74, 6) is 2.20. The maximum Gasteiger partial charge on any atom is 0.230 e. The Morgan fingerprint density at radius 3 is 1.50 bits per heavy atom. The summed E-state index contributed by atoms with van der Waals surface area (Å²) in [7, 11) is 3.22. The first-order valence-electron chi connectivity index (χ1n) is 14.9. The first-order valence-corrected chi connectivity index (χ1v) is 15.8. The molecule has 1 aliphatic heterocycles. The monoisotopic (exact) mass is 659 g/mol. The van der Waals surface area contributed by atoms with Gasteiger partial charge >= 0.3 is 0 Å². The van der Waals surface area contributed by atoms with Crippen molar-refractivity contribution in [3.8, 4) is 34.1 Å². The Hall–Kier alpha value is -6.01. The van der Waals surface area contributed by atoms with Gasteiger partial charge in [-0.2, -0.15) is 0 Å². The Labute approximate surface area is 279 Å². The maximum absolute atomic E-state index is 12.9. The molecule has 0 unspecified atom stereocenters. The summed E-state index contributed by atoms with van der Waals surface area (Å²) in [4.78, 5) is 27.6. The second-order valence-electron chi connectivity index (χ2n) is 10.9. The number of nitrogens with zero attached hydrogens (tertiary/aromatic N) is 2. The van der Waals surface area contributed by atoms with Crippen LogP contribution in [0.5, 0.6) is 11.5 Å². The zero-order chi connectivity index (χ0) is 33.0. The molecule has 4 aromatic carbocycles. The van der Waals surface area contributed by atoms with Gasteiger partial charge in [-0.1, -0.05) is 22.1 Å². The van der Waals surface area contributed by atoms with Gasteiger partial charge in [0.15, 0.2) is 11.5 Å². The van der Waals surface area contributed by atoms with Gasteiger partial charge in [0.2, 0.25) is 11.8 Å². The van der Waals surface area contributed by atoms with Crippen LogP contribution in [0.2, 0.25) is 0 Å². The fourth-order valence-electron chi connectivity index (χ4n) is 5.15. The second kappa shape index (κ2) is 13.4. The smallest absolute Gasteiger partial charge is 0.230 e. The van der Waals surface area contributed by atoms with E-state index in [1.165, 1.54) is 0 Å². The van der Waals surface area contributed by atoms with Crippen LogP contribution in [0.25, 0.3) is 22.6 Å². The summed E-state index contributed by atoms with van der Waals surface area (Å²) in [6.07, 6.45) is 0.121. The highest BCUT2D eigenvalue weighted by molar-refractivity contribution is 7.99. The van der Waals surface area contributed by atoms with Crippen LogP contribution < -0.4 is 25.4 Å². The average Bonchev–Trinajstić information content (AvgIpc) is 3.77. The molecule has 1 aliphatic rings. The molecule has 0 spiro atoms. The normalized spacial score (nSPS) is 11.5. The molecule has 240 valence electrons. The zero-order valence-corrected chi connectivity index (χ0v) is 26.7. The third-order valence-corrected chi connectivity index (χ3v) is 8.69. The van der Waals surface area contributed by atoms with Crippen LogP contribution in [0, 0.1) is 0 Å². The molecule has 6 aromatic rings. The molecular weight excluding hydrogens is 630 g/mol. The molecule has 3 N–H and O–H groups in total. The summed E-state index contributed by atoms with van der Waals surface area (Å²) < 4.78 is 21.3. The van der Waals surface area contributed by atoms with Crippen LogP contribution in [0.1, 0.15) is 11.4 Å². The lowest BCUT2D eigenvalue weighted by molar-refractivity contribution is -0.116. The topological polar surface area (TPSA) is 141 Å². The first-order chi connectivity index (χ1) is 23.4. The highest BCUT2D eigenvalue weighted by Gasteiger charge is 2.19. The molecule has 12 heteroatoms. The van der Waals surface area contributed by atoms with Crippen LogP contribution in [-0.2, 0) is 22.4 Å². The summed E-state index contributed by atoms with van der Waals surface area (Å²) in [5, 5.41) is 17.4. The van der Waals surface area contributed by atoms with Crippen LogP contribution in [-0.4, -0.2) is 36.3 Å². The molecule has 3 heterocycles. The summed E-state index contributed by atoms with van der Waals surface area (Å²) >= 11 is 1.54. The molecule has 0 atom stereocenters. The van der Waals surface area contributed by atoms with E-state index >= 15 is 0 Å². The fourth-order valence-corrected chi connectivity index (χ4v) is 6.22. The van der Waals surface area contributed by atoms with Crippen molar-refractivity contribution in [3.05, 3.63) is 108 Å². The SMILES string of the molecule is COc1ccc(-c2cc(CC(=O)Nc3ccc4c(c3)Sc3cc(NC(=O)Cc5cc(-c6ccc(OC)cc6)on5)ccc3N4)no2)cc1. The van der Waals surface area contributed by atoms with Crippen LogP contribution in [0.15, 0.2) is 116 Å². The van der Waals surface area contributed by atoms with Crippen LogP contribution in [0.3, 0.4) is 0 Å². The van der Waals surface area contributed by atoms with Crippen LogP contribution in [0.4, 0.5) is 22.7 Å². The van der Waals surface area contributed by atoms with Gasteiger partial charge in [-0.05, 0) is 84.9 Å². The molecule has 7 rings (SSSR count). The lowest BCUT2D eigenvalue weighted by Gasteiger charge is -2.22. The predicted molar refractivity (Wildman–Crippen MR) is 182 cm³/mol. The predicted octanol–water partition coefficient (Wildman–Crippen LogP) is 7.58. The highest BCUT2D eigenvalue weighted by atomic mass is 32.2. The molecule has 2 aromatic heterocycles. The van der Waals surface area contributed by atoms with Crippen molar-refractivity contribution in [1.82, 2.24) is 10.3 Å². The van der Waals surface area contributed by atoms with Gasteiger partial charge < -0.3 is 34.5 Å². The number of methoxy groups -OCH3 is 2. The number of rotatable bonds is 10. The van der Waals surface area contributed by atoms with E-state index in [0.717, 1.165) is 43.8 Å². The van der Waals surface area contributed by atoms with E-state index in [9.17, 15) is 9.59 Å². The minimum absolute atomic E-state index is 0.0607. The Kier molecular flexibility index (Phi) is 8.54. The van der Waals surface area contributed by atoms with Crippen LogP contribution >= 0.6 is 11.8 Å². The van der Waals surface area contributed by atoms with E-state index in [1.807, 2.05) is 84.9 Å². The lowest BCUT2D eigenvalue weighted by Crippen LogP contribution is -2.15. The van der Waals surface area contributed by atoms with Gasteiger partial charge in [-0.15, -0.1) is 0 Å². The number of aromatic nitrogens is 2. The third kappa shape index (κ3) is 6.88. The second-order valence-corrected chi connectivity index (χ2v) is 12.0. The van der Waals surface area contributed by atoms with E-state index < -0.39 is 0 Å². The lowest BCUT2D eigenvalue weighted by atomic mass is 10.1. The summed E-state index contributed by atoms with van der Waals surface area (Å²) in [6.45, 7) is 0.